The molecular formula is C32H40FN3O5S. The molecule has 0 heterocycles. The average molecular weight is 598 g/mol. The summed E-state index contributed by atoms with van der Waals surface area (Å²) in [6.45, 7) is 11.1. The van der Waals surface area contributed by atoms with Crippen LogP contribution in [0.1, 0.15) is 52.2 Å². The van der Waals surface area contributed by atoms with Crippen molar-refractivity contribution in [2.45, 2.75) is 71.0 Å². The zero-order chi connectivity index (χ0) is 31.1. The highest BCUT2D eigenvalue weighted by Crippen LogP contribution is 2.27. The second-order valence-electron chi connectivity index (χ2n) is 11.0. The number of anilines is 1. The Labute approximate surface area is 248 Å². The van der Waals surface area contributed by atoms with E-state index in [0.717, 1.165) is 39.7 Å². The number of halogens is 1. The van der Waals surface area contributed by atoms with Crippen molar-refractivity contribution in [2.75, 3.05) is 17.5 Å². The lowest BCUT2D eigenvalue weighted by molar-refractivity contribution is -0.141. The maximum absolute atomic E-state index is 14.2. The van der Waals surface area contributed by atoms with Crippen molar-refractivity contribution in [3.8, 4) is 5.75 Å². The molecule has 3 aromatic rings. The van der Waals surface area contributed by atoms with Crippen LogP contribution in [0.3, 0.4) is 0 Å². The SMILES string of the molecule is CCOc1ccc(N(CC(=O)N(Cc2ccccc2C)C(CC)C(=O)NC(C)(C)C)S(=O)(=O)c2ccc(F)cc2)cc1. The first-order valence-corrected chi connectivity index (χ1v) is 15.4. The third-order valence-corrected chi connectivity index (χ3v) is 8.39. The van der Waals surface area contributed by atoms with Gasteiger partial charge >= 0.3 is 0 Å². The summed E-state index contributed by atoms with van der Waals surface area (Å²) in [5, 5.41) is 2.96. The largest absolute Gasteiger partial charge is 0.494 e. The molecule has 8 nitrogen and oxygen atoms in total. The van der Waals surface area contributed by atoms with E-state index in [1.54, 1.807) is 24.3 Å². The Balaban J connectivity index is 2.08. The summed E-state index contributed by atoms with van der Waals surface area (Å²) in [6.07, 6.45) is 0.313. The number of carbonyl (C=O) groups is 2. The van der Waals surface area contributed by atoms with E-state index in [1.807, 2.05) is 65.8 Å². The third kappa shape index (κ3) is 8.31. The molecule has 0 aliphatic rings. The van der Waals surface area contributed by atoms with Crippen LogP contribution in [0.4, 0.5) is 10.1 Å². The lowest BCUT2D eigenvalue weighted by Gasteiger charge is -2.35. The summed E-state index contributed by atoms with van der Waals surface area (Å²) in [7, 11) is -4.31. The number of hydrogen-bond donors (Lipinski definition) is 1. The molecular weight excluding hydrogens is 557 g/mol. The van der Waals surface area contributed by atoms with Gasteiger partial charge in [-0.15, -0.1) is 0 Å². The molecule has 1 N–H and O–H groups in total. The van der Waals surface area contributed by atoms with E-state index in [1.165, 1.54) is 4.90 Å². The number of sulfonamides is 1. The van der Waals surface area contributed by atoms with Gasteiger partial charge in [-0.05, 0) is 101 Å². The lowest BCUT2D eigenvalue weighted by Crippen LogP contribution is -2.55. The number of rotatable bonds is 12. The first-order valence-electron chi connectivity index (χ1n) is 13.9. The summed E-state index contributed by atoms with van der Waals surface area (Å²) in [5.41, 5.74) is 1.45. The van der Waals surface area contributed by atoms with Crippen LogP contribution in [0, 0.1) is 12.7 Å². The molecule has 226 valence electrons. The number of benzene rings is 3. The normalized spacial score (nSPS) is 12.4. The molecule has 0 bridgehead atoms. The molecule has 1 atom stereocenters. The van der Waals surface area contributed by atoms with Crippen molar-refractivity contribution >= 4 is 27.5 Å². The molecule has 1 unspecified atom stereocenters. The summed E-state index contributed by atoms with van der Waals surface area (Å²) >= 11 is 0. The summed E-state index contributed by atoms with van der Waals surface area (Å²) in [4.78, 5) is 28.9. The Hall–Kier alpha value is -3.92. The number of nitrogens with zero attached hydrogens (tertiary/aromatic N) is 2. The predicted molar refractivity (Wildman–Crippen MR) is 162 cm³/mol. The fourth-order valence-corrected chi connectivity index (χ4v) is 5.90. The minimum atomic E-state index is -4.31. The number of ether oxygens (including phenoxy) is 1. The highest BCUT2D eigenvalue weighted by atomic mass is 32.2. The van der Waals surface area contributed by atoms with Crippen molar-refractivity contribution < 1.29 is 27.1 Å². The smallest absolute Gasteiger partial charge is 0.264 e. The molecule has 0 aliphatic heterocycles. The number of aryl methyl sites for hydroxylation is 1. The van der Waals surface area contributed by atoms with Crippen molar-refractivity contribution in [1.82, 2.24) is 10.2 Å². The molecule has 0 aliphatic carbocycles. The first-order chi connectivity index (χ1) is 19.8. The van der Waals surface area contributed by atoms with Gasteiger partial charge in [0.2, 0.25) is 11.8 Å². The monoisotopic (exact) mass is 597 g/mol. The van der Waals surface area contributed by atoms with Gasteiger partial charge in [-0.25, -0.2) is 12.8 Å². The lowest BCUT2D eigenvalue weighted by atomic mass is 10.0. The van der Waals surface area contributed by atoms with Crippen molar-refractivity contribution in [2.24, 2.45) is 0 Å². The number of nitrogens with one attached hydrogen (secondary N) is 1. The number of hydrogen-bond acceptors (Lipinski definition) is 5. The third-order valence-electron chi connectivity index (χ3n) is 6.60. The zero-order valence-corrected chi connectivity index (χ0v) is 25.9. The number of amides is 2. The van der Waals surface area contributed by atoms with Gasteiger partial charge in [-0.1, -0.05) is 31.2 Å². The Bertz CT molecular complexity index is 1470. The highest BCUT2D eigenvalue weighted by molar-refractivity contribution is 7.92. The molecule has 2 amide bonds. The van der Waals surface area contributed by atoms with Crippen molar-refractivity contribution in [1.29, 1.82) is 0 Å². The van der Waals surface area contributed by atoms with E-state index in [-0.39, 0.29) is 23.0 Å². The van der Waals surface area contributed by atoms with E-state index in [9.17, 15) is 22.4 Å². The Morgan fingerprint density at radius 1 is 0.952 bits per heavy atom. The molecule has 0 saturated carbocycles. The van der Waals surface area contributed by atoms with E-state index in [2.05, 4.69) is 5.32 Å². The zero-order valence-electron chi connectivity index (χ0n) is 25.1. The van der Waals surface area contributed by atoms with Crippen LogP contribution < -0.4 is 14.4 Å². The van der Waals surface area contributed by atoms with Gasteiger partial charge in [-0.2, -0.15) is 0 Å². The van der Waals surface area contributed by atoms with Gasteiger partial charge in [0.1, 0.15) is 24.2 Å². The van der Waals surface area contributed by atoms with Crippen LogP contribution in [0.2, 0.25) is 0 Å². The van der Waals surface area contributed by atoms with Crippen LogP contribution in [-0.4, -0.2) is 49.9 Å². The fraction of sp³-hybridized carbons (Fsp3) is 0.375. The molecule has 0 spiro atoms. The fourth-order valence-electron chi connectivity index (χ4n) is 4.48. The van der Waals surface area contributed by atoms with Crippen LogP contribution in [-0.2, 0) is 26.2 Å². The van der Waals surface area contributed by atoms with E-state index in [0.29, 0.717) is 18.8 Å². The van der Waals surface area contributed by atoms with Crippen LogP contribution in [0.5, 0.6) is 5.75 Å². The van der Waals surface area contributed by atoms with Crippen molar-refractivity contribution in [3.05, 3.63) is 89.7 Å². The minimum Gasteiger partial charge on any atom is -0.494 e. The maximum atomic E-state index is 14.2. The molecule has 3 aromatic carbocycles. The van der Waals surface area contributed by atoms with Gasteiger partial charge in [0.15, 0.2) is 0 Å². The van der Waals surface area contributed by atoms with E-state index < -0.39 is 39.9 Å². The Morgan fingerprint density at radius 2 is 1.57 bits per heavy atom. The summed E-state index contributed by atoms with van der Waals surface area (Å²) in [6, 6.07) is 17.4. The molecule has 0 saturated heterocycles. The number of carbonyl (C=O) groups excluding carboxylic acids is 2. The second-order valence-corrected chi connectivity index (χ2v) is 12.9. The summed E-state index contributed by atoms with van der Waals surface area (Å²) in [5.74, 6) is -0.940. The molecule has 0 radical (unpaired) electrons. The van der Waals surface area contributed by atoms with Crippen LogP contribution >= 0.6 is 0 Å². The van der Waals surface area contributed by atoms with E-state index >= 15 is 0 Å². The first kappa shape index (κ1) is 32.6. The second kappa shape index (κ2) is 13.8. The molecule has 0 aromatic heterocycles. The van der Waals surface area contributed by atoms with E-state index in [4.69, 9.17) is 4.74 Å². The Kier molecular flexibility index (Phi) is 10.7. The van der Waals surface area contributed by atoms with Gasteiger partial charge in [0.05, 0.1) is 17.2 Å². The average Bonchev–Trinajstić information content (AvgIpc) is 2.92. The van der Waals surface area contributed by atoms with Gasteiger partial charge < -0.3 is 15.0 Å². The predicted octanol–water partition coefficient (Wildman–Crippen LogP) is 5.45. The van der Waals surface area contributed by atoms with Gasteiger partial charge in [0, 0.05) is 12.1 Å². The summed E-state index contributed by atoms with van der Waals surface area (Å²) < 4.78 is 48.0. The standard InChI is InChI=1S/C32H40FN3O5S/c1-7-29(31(38)34-32(4,5)6)35(21-24-12-10-9-11-23(24)3)30(37)22-36(26-15-17-27(18-16-26)41-8-2)42(39,40)28-19-13-25(33)14-20-28/h9-20,29H,7-8,21-22H2,1-6H3,(H,34,38). The van der Waals surface area contributed by atoms with Crippen LogP contribution in [0.15, 0.2) is 77.7 Å². The Morgan fingerprint density at radius 3 is 2.12 bits per heavy atom. The highest BCUT2D eigenvalue weighted by Gasteiger charge is 2.34. The van der Waals surface area contributed by atoms with Gasteiger partial charge in [-0.3, -0.25) is 13.9 Å². The van der Waals surface area contributed by atoms with Crippen molar-refractivity contribution in [3.63, 3.8) is 0 Å². The minimum absolute atomic E-state index is 0.106. The maximum Gasteiger partial charge on any atom is 0.264 e. The quantitative estimate of drug-likeness (QED) is 0.300. The molecule has 3 rings (SSSR count). The molecule has 10 heteroatoms. The van der Waals surface area contributed by atoms with Gasteiger partial charge in [0.25, 0.3) is 10.0 Å². The van der Waals surface area contributed by atoms with Crippen LogP contribution in [0.25, 0.3) is 0 Å². The topological polar surface area (TPSA) is 96.0 Å². The molecule has 0 fully saturated rings. The molecule has 42 heavy (non-hydrogen) atoms.